The van der Waals surface area contributed by atoms with Crippen molar-refractivity contribution in [3.05, 3.63) is 41.4 Å². The molecule has 10 heteroatoms. The number of carbonyl (C=O) groups excluding carboxylic acids is 1. The highest BCUT2D eigenvalue weighted by atomic mass is 35.5. The van der Waals surface area contributed by atoms with Crippen molar-refractivity contribution in [2.45, 2.75) is 13.8 Å². The molecule has 0 saturated heterocycles. The van der Waals surface area contributed by atoms with Crippen LogP contribution in [0.1, 0.15) is 23.6 Å². The van der Waals surface area contributed by atoms with Crippen molar-refractivity contribution in [3.8, 4) is 11.5 Å². The van der Waals surface area contributed by atoms with Gasteiger partial charge in [0.25, 0.3) is 5.91 Å². The Morgan fingerprint density at radius 2 is 1.67 bits per heavy atom. The lowest BCUT2D eigenvalue weighted by molar-refractivity contribution is 0.0983. The summed E-state index contributed by atoms with van der Waals surface area (Å²) in [6.07, 6.45) is 0. The number of hydrogen-bond donors (Lipinski definition) is 0. The summed E-state index contributed by atoms with van der Waals surface area (Å²) in [7, 11) is 0. The number of likely N-dealkylation sites (N-methyl/N-ethyl adjacent to an activating group) is 1. The zero-order valence-electron chi connectivity index (χ0n) is 18.4. The van der Waals surface area contributed by atoms with Gasteiger partial charge >= 0.3 is 0 Å². The maximum atomic E-state index is 13.6. The predicted molar refractivity (Wildman–Crippen MR) is 137 cm³/mol. The van der Waals surface area contributed by atoms with Gasteiger partial charge in [0.1, 0.15) is 13.2 Å². The van der Waals surface area contributed by atoms with Gasteiger partial charge in [-0.05, 0) is 25.2 Å². The van der Waals surface area contributed by atoms with Crippen LogP contribution in [-0.2, 0) is 0 Å². The number of nitrogens with zero attached hydrogens (tertiary/aromatic N) is 4. The Kier molecular flexibility index (Phi) is 7.33. The van der Waals surface area contributed by atoms with Crippen LogP contribution in [0.5, 0.6) is 11.5 Å². The molecule has 0 unspecified atom stereocenters. The van der Waals surface area contributed by atoms with Crippen LogP contribution < -0.4 is 14.4 Å². The molecule has 0 spiro atoms. The van der Waals surface area contributed by atoms with Crippen LogP contribution >= 0.6 is 35.1 Å². The van der Waals surface area contributed by atoms with E-state index in [1.807, 2.05) is 36.4 Å². The molecule has 2 aromatic carbocycles. The minimum Gasteiger partial charge on any atom is -0.486 e. The maximum Gasteiger partial charge on any atom is 0.289 e. The van der Waals surface area contributed by atoms with Crippen molar-refractivity contribution in [2.24, 2.45) is 0 Å². The molecule has 5 rings (SSSR count). The third-order valence-electron chi connectivity index (χ3n) is 5.53. The van der Waals surface area contributed by atoms with E-state index in [9.17, 15) is 4.79 Å². The molecule has 0 saturated carbocycles. The quantitative estimate of drug-likeness (QED) is 0.349. The number of halogens is 1. The van der Waals surface area contributed by atoms with Crippen LogP contribution in [0.15, 0.2) is 36.4 Å². The van der Waals surface area contributed by atoms with Gasteiger partial charge in [-0.2, -0.15) is 0 Å². The molecule has 33 heavy (non-hydrogen) atoms. The van der Waals surface area contributed by atoms with E-state index in [2.05, 4.69) is 23.7 Å². The van der Waals surface area contributed by atoms with E-state index in [0.717, 1.165) is 45.8 Å². The molecule has 0 atom stereocenters. The summed E-state index contributed by atoms with van der Waals surface area (Å²) in [6.45, 7) is 8.50. The third kappa shape index (κ3) is 4.77. The lowest BCUT2D eigenvalue weighted by atomic mass is 10.3. The van der Waals surface area contributed by atoms with Crippen LogP contribution in [0.25, 0.3) is 20.4 Å². The average Bonchev–Trinajstić information content (AvgIpc) is 3.43. The normalized spacial score (nSPS) is 12.8. The predicted octanol–water partition coefficient (Wildman–Crippen LogP) is 5.09. The zero-order valence-corrected chi connectivity index (χ0v) is 20.9. The average molecular weight is 505 g/mol. The molecule has 4 aromatic rings. The number of rotatable bonds is 7. The Morgan fingerprint density at radius 1 is 0.939 bits per heavy atom. The van der Waals surface area contributed by atoms with Crippen LogP contribution in [0.3, 0.4) is 0 Å². The Bertz CT molecular complexity index is 1200. The van der Waals surface area contributed by atoms with Crippen molar-refractivity contribution in [2.75, 3.05) is 44.3 Å². The van der Waals surface area contributed by atoms with Gasteiger partial charge in [-0.1, -0.05) is 37.3 Å². The van der Waals surface area contributed by atoms with Crippen molar-refractivity contribution >= 4 is 66.6 Å². The van der Waals surface area contributed by atoms with Crippen LogP contribution in [0.4, 0.5) is 5.13 Å². The second kappa shape index (κ2) is 10.2. The minimum absolute atomic E-state index is 0. The summed E-state index contributed by atoms with van der Waals surface area (Å²) >= 11 is 2.91. The van der Waals surface area contributed by atoms with Gasteiger partial charge in [0.2, 0.25) is 0 Å². The molecule has 7 nitrogen and oxygen atoms in total. The molecule has 0 radical (unpaired) electrons. The Balaban J connectivity index is 0.00000259. The van der Waals surface area contributed by atoms with Crippen LogP contribution in [0, 0.1) is 0 Å². The number of benzene rings is 2. The van der Waals surface area contributed by atoms with Crippen molar-refractivity contribution in [3.63, 3.8) is 0 Å². The largest absolute Gasteiger partial charge is 0.486 e. The van der Waals surface area contributed by atoms with Gasteiger partial charge in [-0.15, -0.1) is 23.7 Å². The van der Waals surface area contributed by atoms with Crippen molar-refractivity contribution in [1.82, 2.24) is 14.9 Å². The first-order valence-electron chi connectivity index (χ1n) is 10.8. The summed E-state index contributed by atoms with van der Waals surface area (Å²) in [5, 5.41) is 1.15. The molecule has 174 valence electrons. The van der Waals surface area contributed by atoms with E-state index < -0.39 is 0 Å². The van der Waals surface area contributed by atoms with E-state index in [1.165, 1.54) is 22.7 Å². The Labute approximate surface area is 206 Å². The number of aromatic nitrogens is 2. The summed E-state index contributed by atoms with van der Waals surface area (Å²) in [6, 6.07) is 11.7. The summed E-state index contributed by atoms with van der Waals surface area (Å²) < 4.78 is 13.4. The number of hydrogen-bond acceptors (Lipinski definition) is 8. The lowest BCUT2D eigenvalue weighted by Crippen LogP contribution is -2.38. The van der Waals surface area contributed by atoms with Crippen molar-refractivity contribution in [1.29, 1.82) is 0 Å². The maximum absolute atomic E-state index is 13.6. The second-order valence-corrected chi connectivity index (χ2v) is 9.47. The molecule has 3 heterocycles. The third-order valence-corrected chi connectivity index (χ3v) is 7.59. The van der Waals surface area contributed by atoms with E-state index >= 15 is 0 Å². The van der Waals surface area contributed by atoms with Gasteiger partial charge in [0.15, 0.2) is 21.6 Å². The number of anilines is 1. The van der Waals surface area contributed by atoms with E-state index in [1.54, 1.807) is 4.90 Å². The molecule has 0 N–H and O–H groups in total. The fraction of sp³-hybridized carbons (Fsp3) is 0.348. The van der Waals surface area contributed by atoms with E-state index in [4.69, 9.17) is 14.5 Å². The number of thiazole rings is 2. The number of fused-ring (bicyclic) bond motifs is 3. The highest BCUT2D eigenvalue weighted by Gasteiger charge is 2.25. The first-order valence-corrected chi connectivity index (χ1v) is 12.4. The van der Waals surface area contributed by atoms with Crippen LogP contribution in [0.2, 0.25) is 0 Å². The fourth-order valence-electron chi connectivity index (χ4n) is 3.71. The van der Waals surface area contributed by atoms with Gasteiger partial charge < -0.3 is 14.4 Å². The molecule has 1 aliphatic heterocycles. The zero-order chi connectivity index (χ0) is 22.1. The molecule has 0 aliphatic carbocycles. The summed E-state index contributed by atoms with van der Waals surface area (Å²) in [5.74, 6) is 1.31. The molecule has 0 bridgehead atoms. The lowest BCUT2D eigenvalue weighted by Gasteiger charge is -2.24. The van der Waals surface area contributed by atoms with Gasteiger partial charge in [-0.3, -0.25) is 9.69 Å². The molecule has 2 aromatic heterocycles. The molecule has 0 fully saturated rings. The highest BCUT2D eigenvalue weighted by molar-refractivity contribution is 7.23. The smallest absolute Gasteiger partial charge is 0.289 e. The molecule has 1 aliphatic rings. The second-order valence-electron chi connectivity index (χ2n) is 7.43. The summed E-state index contributed by atoms with van der Waals surface area (Å²) in [4.78, 5) is 27.1. The van der Waals surface area contributed by atoms with Crippen LogP contribution in [-0.4, -0.2) is 60.2 Å². The van der Waals surface area contributed by atoms with E-state index in [-0.39, 0.29) is 18.3 Å². The minimum atomic E-state index is -0.116. The first-order chi connectivity index (χ1) is 15.7. The first kappa shape index (κ1) is 23.7. The molecular formula is C23H25ClN4O3S2. The number of ether oxygens (including phenoxy) is 2. The Morgan fingerprint density at radius 3 is 2.39 bits per heavy atom. The van der Waals surface area contributed by atoms with Gasteiger partial charge in [0.05, 0.1) is 20.4 Å². The number of para-hydroxylation sites is 1. The highest BCUT2D eigenvalue weighted by Crippen LogP contribution is 2.39. The Hall–Kier alpha value is -2.46. The standard InChI is InChI=1S/C23H24N4O3S2.ClH/c1-3-26(4-2)9-10-27(22(28)21-24-15-7-5-6-8-19(15)31-21)23-25-16-13-17-18(14-20(16)32-23)30-12-11-29-17;/h5-8,13-14H,3-4,9-12H2,1-2H3;1H. The molecular weight excluding hydrogens is 480 g/mol. The van der Waals surface area contributed by atoms with Gasteiger partial charge in [-0.25, -0.2) is 9.97 Å². The van der Waals surface area contributed by atoms with Crippen molar-refractivity contribution < 1.29 is 14.3 Å². The van der Waals surface area contributed by atoms with E-state index in [0.29, 0.717) is 35.6 Å². The topological polar surface area (TPSA) is 67.8 Å². The molecule has 1 amide bonds. The SMILES string of the molecule is CCN(CC)CCN(C(=O)c1nc2ccccc2s1)c1nc2cc3c(cc2s1)OCCO3.Cl. The number of carbonyl (C=O) groups is 1. The monoisotopic (exact) mass is 504 g/mol. The fourth-order valence-corrected chi connectivity index (χ4v) is 5.63. The van der Waals surface area contributed by atoms with Gasteiger partial charge in [0, 0.05) is 25.2 Å². The summed E-state index contributed by atoms with van der Waals surface area (Å²) in [5.41, 5.74) is 1.65. The number of amides is 1.